The molecule has 0 aliphatic carbocycles. The largest absolute Gasteiger partial charge is 0.399 e. The Morgan fingerprint density at radius 1 is 1.38 bits per heavy atom. The summed E-state index contributed by atoms with van der Waals surface area (Å²) < 4.78 is 32.9. The molecule has 1 aromatic rings. The van der Waals surface area contributed by atoms with Crippen LogP contribution >= 0.6 is 0 Å². The topological polar surface area (TPSA) is 84.7 Å². The molecule has 7 heteroatoms. The van der Waals surface area contributed by atoms with Crippen LogP contribution in [-0.4, -0.2) is 52.2 Å². The first-order valence-corrected chi connectivity index (χ1v) is 8.55. The summed E-state index contributed by atoms with van der Waals surface area (Å²) in [6.07, 6.45) is 0. The molecule has 1 saturated heterocycles. The molecule has 0 radical (unpaired) electrons. The standard InChI is InChI=1S/C14H23N3O3S/c1-11-3-4-13(15)9-14(11)21(18,19)16-12(2)10-17-5-7-20-8-6-17/h3-4,9,12,16H,5-8,10,15H2,1-2H3. The normalized spacial score (nSPS) is 18.6. The predicted molar refractivity (Wildman–Crippen MR) is 82.6 cm³/mol. The van der Waals surface area contributed by atoms with Crippen molar-refractivity contribution in [1.82, 2.24) is 9.62 Å². The minimum Gasteiger partial charge on any atom is -0.399 e. The molecule has 1 fully saturated rings. The van der Waals surface area contributed by atoms with Gasteiger partial charge >= 0.3 is 0 Å². The Morgan fingerprint density at radius 3 is 2.71 bits per heavy atom. The third kappa shape index (κ3) is 4.41. The van der Waals surface area contributed by atoms with Crippen molar-refractivity contribution >= 4 is 15.7 Å². The number of sulfonamides is 1. The smallest absolute Gasteiger partial charge is 0.241 e. The van der Waals surface area contributed by atoms with Gasteiger partial charge in [0.05, 0.1) is 18.1 Å². The second-order valence-corrected chi connectivity index (χ2v) is 7.14. The monoisotopic (exact) mass is 313 g/mol. The fourth-order valence-corrected chi connectivity index (χ4v) is 3.96. The zero-order valence-electron chi connectivity index (χ0n) is 12.5. The Kier molecular flexibility index (Phi) is 5.21. The first-order valence-electron chi connectivity index (χ1n) is 7.07. The second kappa shape index (κ2) is 6.74. The fraction of sp³-hybridized carbons (Fsp3) is 0.571. The van der Waals surface area contributed by atoms with Gasteiger partial charge in [-0.05, 0) is 31.5 Å². The first kappa shape index (κ1) is 16.2. The molecule has 21 heavy (non-hydrogen) atoms. The highest BCUT2D eigenvalue weighted by atomic mass is 32.2. The summed E-state index contributed by atoms with van der Waals surface area (Å²) >= 11 is 0. The average molecular weight is 313 g/mol. The van der Waals surface area contributed by atoms with Gasteiger partial charge in [0.1, 0.15) is 0 Å². The number of nitrogens with two attached hydrogens (primary N) is 1. The summed E-state index contributed by atoms with van der Waals surface area (Å²) in [5.41, 5.74) is 6.83. The van der Waals surface area contributed by atoms with Crippen LogP contribution in [0.3, 0.4) is 0 Å². The Hall–Kier alpha value is -1.15. The van der Waals surface area contributed by atoms with E-state index in [4.69, 9.17) is 10.5 Å². The quantitative estimate of drug-likeness (QED) is 0.777. The predicted octanol–water partition coefficient (Wildman–Crippen LogP) is 0.576. The number of anilines is 1. The van der Waals surface area contributed by atoms with Crippen molar-refractivity contribution in [2.75, 3.05) is 38.6 Å². The molecule has 3 N–H and O–H groups in total. The molecule has 0 saturated carbocycles. The molecular weight excluding hydrogens is 290 g/mol. The van der Waals surface area contributed by atoms with Crippen LogP contribution < -0.4 is 10.5 Å². The lowest BCUT2D eigenvalue weighted by atomic mass is 10.2. The summed E-state index contributed by atoms with van der Waals surface area (Å²) in [7, 11) is -3.55. The van der Waals surface area contributed by atoms with Crippen molar-refractivity contribution in [2.45, 2.75) is 24.8 Å². The van der Waals surface area contributed by atoms with E-state index < -0.39 is 10.0 Å². The molecule has 1 heterocycles. The minimum atomic E-state index is -3.55. The van der Waals surface area contributed by atoms with Crippen molar-refractivity contribution in [1.29, 1.82) is 0 Å². The number of aryl methyl sites for hydroxylation is 1. The number of benzene rings is 1. The molecular formula is C14H23N3O3S. The third-order valence-corrected chi connectivity index (χ3v) is 5.23. The molecule has 1 atom stereocenters. The van der Waals surface area contributed by atoms with Crippen LogP contribution in [0.15, 0.2) is 23.1 Å². The molecule has 1 aromatic carbocycles. The lowest BCUT2D eigenvalue weighted by molar-refractivity contribution is 0.0354. The molecule has 1 unspecified atom stereocenters. The van der Waals surface area contributed by atoms with Crippen LogP contribution in [0.5, 0.6) is 0 Å². The van der Waals surface area contributed by atoms with Crippen molar-refractivity contribution in [3.8, 4) is 0 Å². The zero-order valence-corrected chi connectivity index (χ0v) is 13.3. The van der Waals surface area contributed by atoms with Crippen LogP contribution in [0.4, 0.5) is 5.69 Å². The van der Waals surface area contributed by atoms with Crippen molar-refractivity contribution in [3.63, 3.8) is 0 Å². The minimum absolute atomic E-state index is 0.172. The van der Waals surface area contributed by atoms with Crippen LogP contribution in [-0.2, 0) is 14.8 Å². The molecule has 0 bridgehead atoms. The van der Waals surface area contributed by atoms with Gasteiger partial charge in [0, 0.05) is 31.4 Å². The molecule has 1 aliphatic heterocycles. The summed E-state index contributed by atoms with van der Waals surface area (Å²) in [5, 5.41) is 0. The maximum Gasteiger partial charge on any atom is 0.241 e. The van der Waals surface area contributed by atoms with Crippen LogP contribution in [0.2, 0.25) is 0 Å². The molecule has 0 aromatic heterocycles. The highest BCUT2D eigenvalue weighted by molar-refractivity contribution is 7.89. The molecule has 2 rings (SSSR count). The van der Waals surface area contributed by atoms with Crippen molar-refractivity contribution < 1.29 is 13.2 Å². The molecule has 1 aliphatic rings. The lowest BCUT2D eigenvalue weighted by Crippen LogP contribution is -2.46. The molecule has 0 amide bonds. The van der Waals surface area contributed by atoms with Crippen molar-refractivity contribution in [2.24, 2.45) is 0 Å². The maximum atomic E-state index is 12.4. The van der Waals surface area contributed by atoms with Gasteiger partial charge in [-0.1, -0.05) is 6.07 Å². The first-order chi connectivity index (χ1) is 9.88. The zero-order chi connectivity index (χ0) is 15.5. The second-order valence-electron chi connectivity index (χ2n) is 5.46. The highest BCUT2D eigenvalue weighted by Gasteiger charge is 2.21. The number of hydrogen-bond donors (Lipinski definition) is 2. The maximum absolute atomic E-state index is 12.4. The Labute approximate surface area is 126 Å². The number of hydrogen-bond acceptors (Lipinski definition) is 5. The van der Waals surface area contributed by atoms with E-state index in [9.17, 15) is 8.42 Å². The van der Waals surface area contributed by atoms with Gasteiger partial charge in [0.2, 0.25) is 10.0 Å². The summed E-state index contributed by atoms with van der Waals surface area (Å²) in [6.45, 7) is 7.38. The van der Waals surface area contributed by atoms with Gasteiger partial charge in [-0.25, -0.2) is 13.1 Å². The third-order valence-electron chi connectivity index (χ3n) is 3.49. The number of nitrogen functional groups attached to an aromatic ring is 1. The SMILES string of the molecule is Cc1ccc(N)cc1S(=O)(=O)NC(C)CN1CCOCC1. The van der Waals surface area contributed by atoms with E-state index in [1.54, 1.807) is 19.1 Å². The number of ether oxygens (including phenoxy) is 1. The summed E-state index contributed by atoms with van der Waals surface area (Å²) in [6, 6.07) is 4.75. The number of nitrogens with one attached hydrogen (secondary N) is 1. The Balaban J connectivity index is 2.04. The molecule has 118 valence electrons. The Morgan fingerprint density at radius 2 is 2.05 bits per heavy atom. The Bertz CT molecular complexity index is 583. The highest BCUT2D eigenvalue weighted by Crippen LogP contribution is 2.18. The van der Waals surface area contributed by atoms with E-state index in [-0.39, 0.29) is 10.9 Å². The van der Waals surface area contributed by atoms with Gasteiger partial charge < -0.3 is 10.5 Å². The van der Waals surface area contributed by atoms with Gasteiger partial charge in [-0.15, -0.1) is 0 Å². The number of rotatable bonds is 5. The summed E-state index contributed by atoms with van der Waals surface area (Å²) in [5.74, 6) is 0. The van der Waals surface area contributed by atoms with Gasteiger partial charge in [0.15, 0.2) is 0 Å². The van der Waals surface area contributed by atoms with E-state index in [0.29, 0.717) is 31.0 Å². The summed E-state index contributed by atoms with van der Waals surface area (Å²) in [4.78, 5) is 2.44. The van der Waals surface area contributed by atoms with E-state index in [2.05, 4.69) is 9.62 Å². The fourth-order valence-electron chi connectivity index (χ4n) is 2.44. The average Bonchev–Trinajstić information content (AvgIpc) is 2.41. The number of morpholine rings is 1. The molecule has 6 nitrogen and oxygen atoms in total. The van der Waals surface area contributed by atoms with Crippen LogP contribution in [0.25, 0.3) is 0 Å². The van der Waals surface area contributed by atoms with Gasteiger partial charge in [0.25, 0.3) is 0 Å². The van der Waals surface area contributed by atoms with Crippen LogP contribution in [0.1, 0.15) is 12.5 Å². The number of nitrogens with zero attached hydrogens (tertiary/aromatic N) is 1. The van der Waals surface area contributed by atoms with E-state index in [1.807, 2.05) is 6.92 Å². The van der Waals surface area contributed by atoms with Crippen molar-refractivity contribution in [3.05, 3.63) is 23.8 Å². The van der Waals surface area contributed by atoms with E-state index >= 15 is 0 Å². The van der Waals surface area contributed by atoms with Gasteiger partial charge in [-0.2, -0.15) is 0 Å². The van der Waals surface area contributed by atoms with Gasteiger partial charge in [-0.3, -0.25) is 4.90 Å². The van der Waals surface area contributed by atoms with E-state index in [1.165, 1.54) is 6.07 Å². The molecule has 0 spiro atoms. The van der Waals surface area contributed by atoms with E-state index in [0.717, 1.165) is 13.1 Å². The van der Waals surface area contributed by atoms with Crippen LogP contribution in [0, 0.1) is 6.92 Å². The lowest BCUT2D eigenvalue weighted by Gasteiger charge is -2.29.